The van der Waals surface area contributed by atoms with Crippen LogP contribution in [0.5, 0.6) is 0 Å². The average Bonchev–Trinajstić information content (AvgIpc) is 2.61. The highest BCUT2D eigenvalue weighted by Gasteiger charge is 2.28. The van der Waals surface area contributed by atoms with Crippen LogP contribution in [0.2, 0.25) is 0 Å². The molecule has 0 bridgehead atoms. The smallest absolute Gasteiger partial charge is 0.222 e. The zero-order valence-corrected chi connectivity index (χ0v) is 18.6. The van der Waals surface area contributed by atoms with Crippen LogP contribution in [0.15, 0.2) is 0 Å². The van der Waals surface area contributed by atoms with Gasteiger partial charge in [-0.05, 0) is 50.4 Å². The quantitative estimate of drug-likeness (QED) is 0.567. The average molecular weight is 415 g/mol. The van der Waals surface area contributed by atoms with Crippen LogP contribution in [0.3, 0.4) is 0 Å². The Morgan fingerprint density at radius 3 is 1.28 bits per heavy atom. The van der Waals surface area contributed by atoms with Gasteiger partial charge < -0.3 is 20.8 Å². The van der Waals surface area contributed by atoms with E-state index in [1.807, 2.05) is 41.5 Å². The van der Waals surface area contributed by atoms with Gasteiger partial charge in [0.2, 0.25) is 11.8 Å². The Kier molecular flexibility index (Phi) is 12.7. The van der Waals surface area contributed by atoms with Gasteiger partial charge in [0.1, 0.15) is 0 Å². The molecule has 0 spiro atoms. The van der Waals surface area contributed by atoms with Crippen molar-refractivity contribution >= 4 is 11.8 Å². The molecule has 0 aliphatic heterocycles. The minimum Gasteiger partial charge on any atom is -0.393 e. The molecule has 2 amide bonds. The maximum atomic E-state index is 11.4. The van der Waals surface area contributed by atoms with E-state index in [1.165, 1.54) is 0 Å². The number of amides is 2. The van der Waals surface area contributed by atoms with E-state index in [-0.39, 0.29) is 55.4 Å². The van der Waals surface area contributed by atoms with Crippen molar-refractivity contribution in [3.05, 3.63) is 0 Å². The summed E-state index contributed by atoms with van der Waals surface area (Å²) in [5.41, 5.74) is 0. The second kappa shape index (κ2) is 13.2. The molecule has 2 aliphatic rings. The van der Waals surface area contributed by atoms with Gasteiger partial charge in [-0.3, -0.25) is 9.59 Å². The molecule has 0 heterocycles. The molecular formula is C23H46N2O4. The molecule has 6 heteroatoms. The fourth-order valence-corrected chi connectivity index (χ4v) is 3.76. The van der Waals surface area contributed by atoms with Crippen LogP contribution in [-0.2, 0) is 9.59 Å². The minimum absolute atomic E-state index is 0. The van der Waals surface area contributed by atoms with Crippen LogP contribution in [0.25, 0.3) is 0 Å². The molecule has 2 fully saturated rings. The molecular weight excluding hydrogens is 368 g/mol. The normalized spacial score (nSPS) is 31.9. The number of aliphatic hydroxyl groups excluding tert-OH is 2. The Hall–Kier alpha value is -1.14. The fraction of sp³-hybridized carbons (Fsp3) is 0.913. The van der Waals surface area contributed by atoms with E-state index in [1.54, 1.807) is 0 Å². The lowest BCUT2D eigenvalue weighted by Crippen LogP contribution is -2.43. The maximum absolute atomic E-state index is 11.4. The van der Waals surface area contributed by atoms with Gasteiger partial charge in [0, 0.05) is 23.9 Å². The van der Waals surface area contributed by atoms with Crippen molar-refractivity contribution in [2.75, 3.05) is 0 Å². The first kappa shape index (κ1) is 27.9. The van der Waals surface area contributed by atoms with Crippen molar-refractivity contribution in [2.24, 2.45) is 23.7 Å². The number of hydrogen-bond acceptors (Lipinski definition) is 4. The largest absolute Gasteiger partial charge is 0.393 e. The molecule has 0 aromatic heterocycles. The van der Waals surface area contributed by atoms with Crippen molar-refractivity contribution < 1.29 is 19.8 Å². The van der Waals surface area contributed by atoms with Crippen LogP contribution in [0.1, 0.15) is 87.5 Å². The molecule has 0 aromatic carbocycles. The van der Waals surface area contributed by atoms with Crippen LogP contribution in [0.4, 0.5) is 0 Å². The van der Waals surface area contributed by atoms with Gasteiger partial charge >= 0.3 is 0 Å². The molecule has 4 N–H and O–H groups in total. The van der Waals surface area contributed by atoms with Gasteiger partial charge in [0.15, 0.2) is 0 Å². The van der Waals surface area contributed by atoms with Gasteiger partial charge in [0.25, 0.3) is 0 Å². The topological polar surface area (TPSA) is 98.7 Å². The minimum atomic E-state index is -0.179. The summed E-state index contributed by atoms with van der Waals surface area (Å²) in [5.74, 6) is 0.967. The molecule has 2 saturated carbocycles. The first-order valence-corrected chi connectivity index (χ1v) is 11.0. The summed E-state index contributed by atoms with van der Waals surface area (Å²) in [7, 11) is 0. The van der Waals surface area contributed by atoms with Crippen molar-refractivity contribution in [2.45, 2.75) is 112 Å². The predicted octanol–water partition coefficient (Wildman–Crippen LogP) is 3.25. The van der Waals surface area contributed by atoms with Crippen LogP contribution in [-0.4, -0.2) is 46.3 Å². The van der Waals surface area contributed by atoms with Crippen LogP contribution < -0.4 is 10.6 Å². The second-order valence-corrected chi connectivity index (χ2v) is 9.44. The highest BCUT2D eigenvalue weighted by molar-refractivity contribution is 5.78. The van der Waals surface area contributed by atoms with Crippen LogP contribution in [0, 0.1) is 23.7 Å². The van der Waals surface area contributed by atoms with E-state index in [4.69, 9.17) is 0 Å². The monoisotopic (exact) mass is 414 g/mol. The molecule has 6 atom stereocenters. The number of aliphatic hydroxyl groups is 2. The Morgan fingerprint density at radius 1 is 0.724 bits per heavy atom. The summed E-state index contributed by atoms with van der Waals surface area (Å²) in [6, 6.07) is 0.534. The number of rotatable bonds is 4. The summed E-state index contributed by atoms with van der Waals surface area (Å²) in [6.45, 7) is 11.7. The number of nitrogens with one attached hydrogen (secondary N) is 2. The van der Waals surface area contributed by atoms with E-state index in [0.29, 0.717) is 11.8 Å². The second-order valence-electron chi connectivity index (χ2n) is 9.44. The summed E-state index contributed by atoms with van der Waals surface area (Å²) in [6.07, 6.45) is 4.88. The Morgan fingerprint density at radius 2 is 1.03 bits per heavy atom. The standard InChI is InChI=1S/2C11H21NO2.CH4/c2*1-7(2)11(14)12-9-4-5-10(13)8(3)6-9;/h2*7-10,13H,4-6H2,1-3H3,(H,12,14);1H4/t2*8-,9+,10-;/m10./s1. The zero-order valence-electron chi connectivity index (χ0n) is 18.6. The Bertz CT molecular complexity index is 451. The molecule has 6 nitrogen and oxygen atoms in total. The lowest BCUT2D eigenvalue weighted by molar-refractivity contribution is -0.126. The molecule has 0 unspecified atom stereocenters. The number of carbonyl (C=O) groups is 2. The van der Waals surface area contributed by atoms with Crippen LogP contribution >= 0.6 is 0 Å². The highest BCUT2D eigenvalue weighted by Crippen LogP contribution is 2.25. The van der Waals surface area contributed by atoms with Crippen molar-refractivity contribution in [1.82, 2.24) is 10.6 Å². The first-order valence-electron chi connectivity index (χ1n) is 11.0. The summed E-state index contributed by atoms with van der Waals surface area (Å²) >= 11 is 0. The van der Waals surface area contributed by atoms with E-state index >= 15 is 0 Å². The van der Waals surface area contributed by atoms with Crippen molar-refractivity contribution in [3.8, 4) is 0 Å². The summed E-state index contributed by atoms with van der Waals surface area (Å²) < 4.78 is 0. The highest BCUT2D eigenvalue weighted by atomic mass is 16.3. The lowest BCUT2D eigenvalue weighted by atomic mass is 9.84. The first-order chi connectivity index (χ1) is 13.0. The van der Waals surface area contributed by atoms with Gasteiger partial charge in [0.05, 0.1) is 12.2 Å². The fourth-order valence-electron chi connectivity index (χ4n) is 3.76. The van der Waals surface area contributed by atoms with Gasteiger partial charge in [-0.25, -0.2) is 0 Å². The van der Waals surface area contributed by atoms with Gasteiger partial charge in [-0.15, -0.1) is 0 Å². The van der Waals surface area contributed by atoms with E-state index in [9.17, 15) is 19.8 Å². The van der Waals surface area contributed by atoms with Gasteiger partial charge in [-0.1, -0.05) is 49.0 Å². The third-order valence-electron chi connectivity index (χ3n) is 5.99. The molecule has 0 saturated heterocycles. The Balaban J connectivity index is 0.000000523. The third-order valence-corrected chi connectivity index (χ3v) is 5.99. The predicted molar refractivity (Wildman–Crippen MR) is 118 cm³/mol. The lowest BCUT2D eigenvalue weighted by Gasteiger charge is -2.31. The molecule has 172 valence electrons. The number of hydrogen-bond donors (Lipinski definition) is 4. The number of carbonyl (C=O) groups excluding carboxylic acids is 2. The van der Waals surface area contributed by atoms with E-state index in [2.05, 4.69) is 10.6 Å². The third kappa shape index (κ3) is 9.94. The molecule has 2 aliphatic carbocycles. The van der Waals surface area contributed by atoms with Crippen molar-refractivity contribution in [1.29, 1.82) is 0 Å². The molecule has 0 aromatic rings. The van der Waals surface area contributed by atoms with Crippen molar-refractivity contribution in [3.63, 3.8) is 0 Å². The summed E-state index contributed by atoms with van der Waals surface area (Å²) in [5, 5.41) is 25.1. The molecule has 2 rings (SSSR count). The van der Waals surface area contributed by atoms with E-state index in [0.717, 1.165) is 38.5 Å². The SMILES string of the molecule is C.CC(C)C(=O)N[C@@H]1CC[C@H](O)[C@@H](C)C1.CC(C)C(=O)N[C@H]1CC[C@@H](O)[C@H](C)C1. The maximum Gasteiger partial charge on any atom is 0.222 e. The summed E-state index contributed by atoms with van der Waals surface area (Å²) in [4.78, 5) is 22.9. The molecule has 29 heavy (non-hydrogen) atoms. The Labute approximate surface area is 178 Å². The zero-order chi connectivity index (χ0) is 21.4. The van der Waals surface area contributed by atoms with Gasteiger partial charge in [-0.2, -0.15) is 0 Å². The van der Waals surface area contributed by atoms with E-state index < -0.39 is 0 Å². The molecule has 0 radical (unpaired) electrons.